The summed E-state index contributed by atoms with van der Waals surface area (Å²) >= 11 is 0. The number of aliphatic carboxylic acids is 1. The molecular weight excluding hydrogens is 222 g/mol. The maximum Gasteiger partial charge on any atom is 0.328 e. The lowest BCUT2D eigenvalue weighted by Gasteiger charge is -2.22. The Bertz CT molecular complexity index is 251. The molecule has 0 heterocycles. The fourth-order valence-electron chi connectivity index (χ4n) is 1.85. The Kier molecular flexibility index (Phi) is 7.54. The Morgan fingerprint density at radius 1 is 1.29 bits per heavy atom. The minimum absolute atomic E-state index is 0.0172. The molecule has 0 saturated heterocycles. The van der Waals surface area contributed by atoms with E-state index in [1.165, 1.54) is 7.11 Å². The molecule has 2 N–H and O–H groups in total. The number of hydrogen-bond donors (Lipinski definition) is 2. The minimum Gasteiger partial charge on any atom is -0.480 e. The number of nitrogens with one attached hydrogen (secondary N) is 1. The van der Waals surface area contributed by atoms with Crippen molar-refractivity contribution < 1.29 is 19.4 Å². The van der Waals surface area contributed by atoms with Crippen LogP contribution < -0.4 is 5.32 Å². The van der Waals surface area contributed by atoms with E-state index in [2.05, 4.69) is 5.32 Å². The number of amides is 1. The van der Waals surface area contributed by atoms with Crippen molar-refractivity contribution >= 4 is 11.9 Å². The van der Waals surface area contributed by atoms with E-state index in [-0.39, 0.29) is 24.3 Å². The molecule has 0 aromatic heterocycles. The van der Waals surface area contributed by atoms with Gasteiger partial charge in [-0.1, -0.05) is 33.6 Å². The number of rotatable bonds is 8. The Morgan fingerprint density at radius 3 is 2.18 bits per heavy atom. The van der Waals surface area contributed by atoms with Crippen LogP contribution in [0.15, 0.2) is 0 Å². The van der Waals surface area contributed by atoms with Crippen molar-refractivity contribution in [1.29, 1.82) is 0 Å². The molecule has 0 spiro atoms. The number of carboxylic acids is 1. The summed E-state index contributed by atoms with van der Waals surface area (Å²) in [6.07, 6.45) is 1.82. The zero-order valence-corrected chi connectivity index (χ0v) is 11.0. The summed E-state index contributed by atoms with van der Waals surface area (Å²) in [5.74, 6) is -1.18. The second-order valence-electron chi connectivity index (χ2n) is 4.22. The van der Waals surface area contributed by atoms with Crippen molar-refractivity contribution in [3.8, 4) is 0 Å². The fourth-order valence-corrected chi connectivity index (χ4v) is 1.85. The van der Waals surface area contributed by atoms with E-state index in [9.17, 15) is 9.59 Å². The monoisotopic (exact) mass is 245 g/mol. The number of ether oxygens (including phenoxy) is 1. The van der Waals surface area contributed by atoms with Gasteiger partial charge < -0.3 is 15.2 Å². The van der Waals surface area contributed by atoms with Crippen LogP contribution in [0.25, 0.3) is 0 Å². The van der Waals surface area contributed by atoms with Gasteiger partial charge in [0.05, 0.1) is 6.61 Å². The molecule has 0 fully saturated rings. The molecule has 0 aliphatic rings. The lowest BCUT2D eigenvalue weighted by Crippen LogP contribution is -2.46. The summed E-state index contributed by atoms with van der Waals surface area (Å²) in [6.45, 7) is 5.87. The first-order valence-electron chi connectivity index (χ1n) is 5.99. The van der Waals surface area contributed by atoms with Crippen molar-refractivity contribution in [1.82, 2.24) is 5.32 Å². The molecule has 0 aliphatic carbocycles. The van der Waals surface area contributed by atoms with Crippen LogP contribution in [0, 0.1) is 11.8 Å². The van der Waals surface area contributed by atoms with E-state index >= 15 is 0 Å². The molecule has 0 saturated carbocycles. The molecule has 0 aliphatic heterocycles. The number of carboxylic acid groups (broad SMARTS) is 1. The average molecular weight is 245 g/mol. The third-order valence-corrected chi connectivity index (χ3v) is 3.12. The Balaban J connectivity index is 4.44. The Labute approximate surface area is 103 Å². The van der Waals surface area contributed by atoms with Crippen LogP contribution in [0.4, 0.5) is 0 Å². The largest absolute Gasteiger partial charge is 0.480 e. The van der Waals surface area contributed by atoms with Crippen molar-refractivity contribution in [2.45, 2.75) is 39.7 Å². The highest BCUT2D eigenvalue weighted by Crippen LogP contribution is 2.19. The number of methoxy groups -OCH3 is 1. The third-order valence-electron chi connectivity index (χ3n) is 3.12. The van der Waals surface area contributed by atoms with Crippen molar-refractivity contribution in [2.75, 3.05) is 13.7 Å². The topological polar surface area (TPSA) is 75.6 Å². The molecule has 5 heteroatoms. The van der Waals surface area contributed by atoms with Gasteiger partial charge in [-0.15, -0.1) is 0 Å². The summed E-state index contributed by atoms with van der Waals surface area (Å²) in [5, 5.41) is 11.4. The van der Waals surface area contributed by atoms with Crippen molar-refractivity contribution in [2.24, 2.45) is 11.8 Å². The molecule has 0 aromatic rings. The average Bonchev–Trinajstić information content (AvgIpc) is 2.29. The predicted octanol–water partition coefficient (Wildman–Crippen LogP) is 1.27. The van der Waals surface area contributed by atoms with Gasteiger partial charge in [0.2, 0.25) is 5.91 Å². The predicted molar refractivity (Wildman–Crippen MR) is 64.7 cm³/mol. The lowest BCUT2D eigenvalue weighted by molar-refractivity contribution is -0.144. The van der Waals surface area contributed by atoms with Crippen molar-refractivity contribution in [3.05, 3.63) is 0 Å². The molecule has 100 valence electrons. The summed E-state index contributed by atoms with van der Waals surface area (Å²) in [5.41, 5.74) is 0. The van der Waals surface area contributed by atoms with Gasteiger partial charge in [0.15, 0.2) is 6.04 Å². The highest BCUT2D eigenvalue weighted by molar-refractivity contribution is 5.85. The zero-order chi connectivity index (χ0) is 13.4. The van der Waals surface area contributed by atoms with Gasteiger partial charge in [0.1, 0.15) is 0 Å². The molecule has 17 heavy (non-hydrogen) atoms. The van der Waals surface area contributed by atoms with E-state index in [0.717, 1.165) is 12.8 Å². The van der Waals surface area contributed by atoms with Gasteiger partial charge in [-0.3, -0.25) is 4.79 Å². The molecule has 2 atom stereocenters. The second-order valence-corrected chi connectivity index (χ2v) is 4.22. The smallest absolute Gasteiger partial charge is 0.328 e. The first kappa shape index (κ1) is 15.9. The summed E-state index contributed by atoms with van der Waals surface area (Å²) in [6, 6.07) is -0.968. The van der Waals surface area contributed by atoms with Crippen molar-refractivity contribution in [3.63, 3.8) is 0 Å². The molecule has 0 rings (SSSR count). The highest BCUT2D eigenvalue weighted by atomic mass is 16.5. The number of carbonyl (C=O) groups excluding carboxylic acids is 1. The number of hydrogen-bond acceptors (Lipinski definition) is 3. The lowest BCUT2D eigenvalue weighted by atomic mass is 9.88. The molecule has 2 unspecified atom stereocenters. The Morgan fingerprint density at radius 2 is 1.82 bits per heavy atom. The van der Waals surface area contributed by atoms with Crippen LogP contribution in [0.2, 0.25) is 0 Å². The maximum absolute atomic E-state index is 11.9. The molecule has 0 aromatic carbocycles. The molecule has 0 bridgehead atoms. The van der Waals surface area contributed by atoms with E-state index in [0.29, 0.717) is 0 Å². The van der Waals surface area contributed by atoms with Crippen LogP contribution in [0.3, 0.4) is 0 Å². The fraction of sp³-hybridized carbons (Fsp3) is 0.833. The first-order valence-corrected chi connectivity index (χ1v) is 5.99. The number of carbonyl (C=O) groups is 2. The maximum atomic E-state index is 11.9. The van der Waals surface area contributed by atoms with Gasteiger partial charge >= 0.3 is 5.97 Å². The minimum atomic E-state index is -1.07. The molecular formula is C12H23NO4. The highest BCUT2D eigenvalue weighted by Gasteiger charge is 2.26. The molecule has 5 nitrogen and oxygen atoms in total. The van der Waals surface area contributed by atoms with E-state index in [1.807, 2.05) is 20.8 Å². The summed E-state index contributed by atoms with van der Waals surface area (Å²) in [7, 11) is 1.41. The first-order chi connectivity index (χ1) is 7.97. The third kappa shape index (κ3) is 5.17. The molecule has 1 amide bonds. The quantitative estimate of drug-likeness (QED) is 0.675. The van der Waals surface area contributed by atoms with Gasteiger partial charge in [-0.2, -0.15) is 0 Å². The Hall–Kier alpha value is -1.10. The normalized spacial score (nSPS) is 14.4. The van der Waals surface area contributed by atoms with Gasteiger partial charge in [0.25, 0.3) is 0 Å². The summed E-state index contributed by atoms with van der Waals surface area (Å²) in [4.78, 5) is 22.7. The van der Waals surface area contributed by atoms with Crippen LogP contribution in [0.5, 0.6) is 0 Å². The molecule has 0 radical (unpaired) electrons. The standard InChI is InChI=1S/C12H23NO4/c1-5-9(6-2)8(3)11(14)13-10(7-17-4)12(15)16/h8-10H,5-7H2,1-4H3,(H,13,14)(H,15,16). The van der Waals surface area contributed by atoms with Gasteiger partial charge in [-0.05, 0) is 5.92 Å². The van der Waals surface area contributed by atoms with Crippen LogP contribution in [-0.4, -0.2) is 36.7 Å². The van der Waals surface area contributed by atoms with E-state index < -0.39 is 12.0 Å². The van der Waals surface area contributed by atoms with E-state index in [1.54, 1.807) is 0 Å². The van der Waals surface area contributed by atoms with Crippen LogP contribution >= 0.6 is 0 Å². The van der Waals surface area contributed by atoms with Gasteiger partial charge in [-0.25, -0.2) is 4.79 Å². The second kappa shape index (κ2) is 8.06. The van der Waals surface area contributed by atoms with Crippen LogP contribution in [-0.2, 0) is 14.3 Å². The van der Waals surface area contributed by atoms with E-state index in [4.69, 9.17) is 9.84 Å². The summed E-state index contributed by atoms with van der Waals surface area (Å²) < 4.78 is 4.76. The van der Waals surface area contributed by atoms with Crippen LogP contribution in [0.1, 0.15) is 33.6 Å². The SMILES string of the molecule is CCC(CC)C(C)C(=O)NC(COC)C(=O)O. The van der Waals surface area contributed by atoms with Gasteiger partial charge in [0, 0.05) is 13.0 Å². The zero-order valence-electron chi connectivity index (χ0n) is 11.0.